The molecule has 31 heavy (non-hydrogen) atoms. The summed E-state index contributed by atoms with van der Waals surface area (Å²) in [6, 6.07) is 3.18. The fourth-order valence-corrected chi connectivity index (χ4v) is 4.88. The predicted molar refractivity (Wildman–Crippen MR) is 117 cm³/mol. The first-order chi connectivity index (χ1) is 15.3. The van der Waals surface area contributed by atoms with Gasteiger partial charge in [0.25, 0.3) is 0 Å². The molecule has 2 aliphatic rings. The van der Waals surface area contributed by atoms with Crippen molar-refractivity contribution in [2.75, 3.05) is 31.6 Å². The van der Waals surface area contributed by atoms with E-state index in [0.717, 1.165) is 55.8 Å². The van der Waals surface area contributed by atoms with Gasteiger partial charge in [-0.1, -0.05) is 0 Å². The molecule has 1 saturated carbocycles. The van der Waals surface area contributed by atoms with E-state index >= 15 is 0 Å². The normalized spacial score (nSPS) is 22.8. The molecule has 4 aromatic rings. The Kier molecular flexibility index (Phi) is 4.77. The lowest BCUT2D eigenvalue weighted by molar-refractivity contribution is 0.00790. The molecule has 5 heterocycles. The maximum absolute atomic E-state index is 5.49. The van der Waals surface area contributed by atoms with E-state index < -0.39 is 0 Å². The Bertz CT molecular complexity index is 1190. The summed E-state index contributed by atoms with van der Waals surface area (Å²) in [6.07, 6.45) is 16.1. The van der Waals surface area contributed by atoms with E-state index in [1.807, 2.05) is 39.9 Å². The van der Waals surface area contributed by atoms with Crippen LogP contribution >= 0.6 is 0 Å². The van der Waals surface area contributed by atoms with Crippen molar-refractivity contribution in [2.45, 2.75) is 37.8 Å². The largest absolute Gasteiger partial charge is 0.379 e. The summed E-state index contributed by atoms with van der Waals surface area (Å²) in [4.78, 5) is 15.8. The molecule has 2 fully saturated rings. The maximum Gasteiger partial charge on any atom is 0.241 e. The molecule has 160 valence electrons. The lowest BCUT2D eigenvalue weighted by atomic mass is 9.90. The first-order valence-corrected chi connectivity index (χ1v) is 11.1. The van der Waals surface area contributed by atoms with Crippen LogP contribution in [-0.2, 0) is 4.74 Å². The number of imidazole rings is 1. The fourth-order valence-electron chi connectivity index (χ4n) is 4.88. The third-order valence-corrected chi connectivity index (χ3v) is 6.57. The molecule has 1 aliphatic carbocycles. The van der Waals surface area contributed by atoms with Gasteiger partial charge in [0.05, 0.1) is 24.9 Å². The number of rotatable bonds is 4. The maximum atomic E-state index is 5.49. The number of nitrogens with zero attached hydrogens (tertiary/aromatic N) is 7. The van der Waals surface area contributed by atoms with Gasteiger partial charge in [-0.15, -0.1) is 5.10 Å². The van der Waals surface area contributed by atoms with Crippen molar-refractivity contribution < 1.29 is 4.74 Å². The third kappa shape index (κ3) is 3.64. The molecular weight excluding hydrogens is 392 g/mol. The lowest BCUT2D eigenvalue weighted by Gasteiger charge is -2.38. The van der Waals surface area contributed by atoms with Crippen molar-refractivity contribution in [1.82, 2.24) is 33.9 Å². The number of anilines is 1. The van der Waals surface area contributed by atoms with Crippen LogP contribution in [-0.4, -0.2) is 72.3 Å². The van der Waals surface area contributed by atoms with E-state index in [9.17, 15) is 0 Å². The van der Waals surface area contributed by atoms with Gasteiger partial charge in [-0.2, -0.15) is 0 Å². The molecule has 4 aromatic heterocycles. The van der Waals surface area contributed by atoms with Crippen molar-refractivity contribution in [3.63, 3.8) is 0 Å². The molecule has 6 rings (SSSR count). The zero-order valence-corrected chi connectivity index (χ0v) is 17.4. The topological polar surface area (TPSA) is 84.9 Å². The molecule has 0 bridgehead atoms. The van der Waals surface area contributed by atoms with Crippen molar-refractivity contribution in [1.29, 1.82) is 0 Å². The summed E-state index contributed by atoms with van der Waals surface area (Å²) in [6.45, 7) is 3.89. The van der Waals surface area contributed by atoms with Gasteiger partial charge < -0.3 is 10.1 Å². The van der Waals surface area contributed by atoms with Crippen LogP contribution in [0.4, 0.5) is 5.95 Å². The van der Waals surface area contributed by atoms with Crippen LogP contribution < -0.4 is 5.32 Å². The van der Waals surface area contributed by atoms with Crippen LogP contribution in [0, 0.1) is 0 Å². The average Bonchev–Trinajstić information content (AvgIpc) is 3.46. The van der Waals surface area contributed by atoms with E-state index in [1.165, 1.54) is 12.8 Å². The number of hydrogen-bond donors (Lipinski definition) is 1. The summed E-state index contributed by atoms with van der Waals surface area (Å²) in [7, 11) is 0. The molecule has 0 spiro atoms. The minimum absolute atomic E-state index is 0.428. The Hall–Kier alpha value is -3.04. The van der Waals surface area contributed by atoms with Crippen LogP contribution in [0.5, 0.6) is 0 Å². The summed E-state index contributed by atoms with van der Waals surface area (Å²) < 4.78 is 9.30. The summed E-state index contributed by atoms with van der Waals surface area (Å²) in [5.41, 5.74) is 3.03. The Morgan fingerprint density at radius 1 is 0.968 bits per heavy atom. The van der Waals surface area contributed by atoms with Gasteiger partial charge in [-0.25, -0.2) is 19.5 Å². The van der Waals surface area contributed by atoms with E-state index in [4.69, 9.17) is 9.84 Å². The average molecular weight is 419 g/mol. The number of fused-ring (bicyclic) bond motifs is 2. The molecule has 0 atom stereocenters. The summed E-state index contributed by atoms with van der Waals surface area (Å²) >= 11 is 0. The number of hydrogen-bond acceptors (Lipinski definition) is 7. The Morgan fingerprint density at radius 2 is 1.84 bits per heavy atom. The second-order valence-corrected chi connectivity index (χ2v) is 8.42. The Morgan fingerprint density at radius 3 is 2.71 bits per heavy atom. The first-order valence-electron chi connectivity index (χ1n) is 11.1. The van der Waals surface area contributed by atoms with Crippen molar-refractivity contribution >= 4 is 17.2 Å². The second kappa shape index (κ2) is 7.90. The van der Waals surface area contributed by atoms with Gasteiger partial charge in [-0.05, 0) is 31.7 Å². The lowest BCUT2D eigenvalue weighted by Crippen LogP contribution is -2.46. The van der Waals surface area contributed by atoms with Crippen molar-refractivity contribution in [3.8, 4) is 11.1 Å². The third-order valence-electron chi connectivity index (χ3n) is 6.57. The fraction of sp³-hybridized carbons (Fsp3) is 0.455. The molecule has 1 saturated heterocycles. The van der Waals surface area contributed by atoms with Gasteiger partial charge in [-0.3, -0.25) is 9.30 Å². The van der Waals surface area contributed by atoms with Crippen LogP contribution in [0.3, 0.4) is 0 Å². The molecule has 1 aliphatic heterocycles. The number of ether oxygens (including phenoxy) is 1. The van der Waals surface area contributed by atoms with Crippen molar-refractivity contribution in [2.24, 2.45) is 0 Å². The summed E-state index contributed by atoms with van der Waals surface area (Å²) in [5.74, 6) is 1.38. The van der Waals surface area contributed by atoms with Crippen molar-refractivity contribution in [3.05, 3.63) is 43.2 Å². The van der Waals surface area contributed by atoms with Crippen LogP contribution in [0.25, 0.3) is 22.4 Å². The van der Waals surface area contributed by atoms with Gasteiger partial charge in [0.15, 0.2) is 0 Å². The molecule has 1 N–H and O–H groups in total. The zero-order chi connectivity index (χ0) is 20.6. The minimum atomic E-state index is 0.428. The Balaban J connectivity index is 1.15. The minimum Gasteiger partial charge on any atom is -0.379 e. The molecule has 0 aromatic carbocycles. The van der Waals surface area contributed by atoms with Gasteiger partial charge in [0.2, 0.25) is 11.7 Å². The van der Waals surface area contributed by atoms with Crippen LogP contribution in [0.15, 0.2) is 43.2 Å². The molecule has 9 nitrogen and oxygen atoms in total. The van der Waals surface area contributed by atoms with E-state index in [0.29, 0.717) is 23.8 Å². The van der Waals surface area contributed by atoms with E-state index in [-0.39, 0.29) is 0 Å². The molecule has 9 heteroatoms. The highest BCUT2D eigenvalue weighted by Gasteiger charge is 2.27. The summed E-state index contributed by atoms with van der Waals surface area (Å²) in [5, 5.41) is 8.26. The molecule has 0 amide bonds. The van der Waals surface area contributed by atoms with Gasteiger partial charge >= 0.3 is 0 Å². The van der Waals surface area contributed by atoms with Crippen LogP contribution in [0.1, 0.15) is 25.7 Å². The number of nitrogens with one attached hydrogen (secondary N) is 1. The monoisotopic (exact) mass is 418 g/mol. The zero-order valence-electron chi connectivity index (χ0n) is 17.4. The highest BCUT2D eigenvalue weighted by molar-refractivity contribution is 5.79. The Labute approximate surface area is 180 Å². The van der Waals surface area contributed by atoms with Crippen LogP contribution in [0.2, 0.25) is 0 Å². The van der Waals surface area contributed by atoms with E-state index in [2.05, 4.69) is 31.2 Å². The SMILES string of the molecule is c1cn2cc(-c3ccn4nc(N[C@H]5CC[C@@H](N6CCOCC6)CC5)ncc34)cnc2n1. The number of aromatic nitrogens is 6. The molecular formula is C22H26N8O. The number of morpholine rings is 1. The van der Waals surface area contributed by atoms with E-state index in [1.54, 1.807) is 6.20 Å². The van der Waals surface area contributed by atoms with Gasteiger partial charge in [0.1, 0.15) is 0 Å². The smallest absolute Gasteiger partial charge is 0.241 e. The molecule has 0 radical (unpaired) electrons. The quantitative estimate of drug-likeness (QED) is 0.545. The highest BCUT2D eigenvalue weighted by atomic mass is 16.5. The standard InChI is InChI=1S/C22H26N8O/c1-3-18(28-9-11-31-12-10-28)4-2-17(1)26-21-24-14-20-19(5-7-30(20)27-21)16-13-25-22-23-6-8-29(22)15-16/h5-8,13-15,17-18H,1-4,9-12H2,(H,26,27)/t17-,18+. The first kappa shape index (κ1) is 18.7. The predicted octanol–water partition coefficient (Wildman–Crippen LogP) is 2.49. The molecule has 0 unspecified atom stereocenters. The second-order valence-electron chi connectivity index (χ2n) is 8.42. The van der Waals surface area contributed by atoms with Gasteiger partial charge in [0, 0.05) is 67.3 Å². The highest BCUT2D eigenvalue weighted by Crippen LogP contribution is 2.27.